The van der Waals surface area contributed by atoms with Gasteiger partial charge in [0.1, 0.15) is 0 Å². The second-order valence-corrected chi connectivity index (χ2v) is 5.16. The molecule has 2 heterocycles. The quantitative estimate of drug-likeness (QED) is 0.849. The molecule has 0 aliphatic carbocycles. The number of hydrogen-bond acceptors (Lipinski definition) is 3. The Morgan fingerprint density at radius 1 is 1.53 bits per heavy atom. The molecule has 0 amide bonds. The molecule has 17 heavy (non-hydrogen) atoms. The van der Waals surface area contributed by atoms with Gasteiger partial charge in [-0.3, -0.25) is 4.68 Å². The summed E-state index contributed by atoms with van der Waals surface area (Å²) in [5.74, 6) is 0. The first kappa shape index (κ1) is 12.4. The summed E-state index contributed by atoms with van der Waals surface area (Å²) in [5, 5.41) is 7.99. The number of nitrogens with one attached hydrogen (secondary N) is 1. The lowest BCUT2D eigenvalue weighted by atomic mass is 10.2. The highest BCUT2D eigenvalue weighted by atomic mass is 15.3. The van der Waals surface area contributed by atoms with Gasteiger partial charge in [0, 0.05) is 31.4 Å². The third-order valence-corrected chi connectivity index (χ3v) is 3.35. The van der Waals surface area contributed by atoms with Crippen molar-refractivity contribution < 1.29 is 0 Å². The van der Waals surface area contributed by atoms with Crippen LogP contribution in [-0.4, -0.2) is 35.5 Å². The lowest BCUT2D eigenvalue weighted by Gasteiger charge is -2.16. The van der Waals surface area contributed by atoms with Gasteiger partial charge in [0.05, 0.1) is 11.9 Å². The summed E-state index contributed by atoms with van der Waals surface area (Å²) in [4.78, 5) is 2.43. The average molecular weight is 236 g/mol. The number of nitrogens with zero attached hydrogens (tertiary/aromatic N) is 3. The monoisotopic (exact) mass is 236 g/mol. The van der Waals surface area contributed by atoms with E-state index in [0.717, 1.165) is 19.6 Å². The summed E-state index contributed by atoms with van der Waals surface area (Å²) in [5.41, 5.74) is 1.26. The molecule has 1 fully saturated rings. The zero-order chi connectivity index (χ0) is 12.3. The molecule has 1 aromatic rings. The second-order valence-electron chi connectivity index (χ2n) is 5.16. The smallest absolute Gasteiger partial charge is 0.0753 e. The molecule has 2 rings (SSSR count). The average Bonchev–Trinajstić information content (AvgIpc) is 2.94. The van der Waals surface area contributed by atoms with Gasteiger partial charge in [-0.05, 0) is 33.2 Å². The highest BCUT2D eigenvalue weighted by Gasteiger charge is 2.22. The van der Waals surface area contributed by atoms with E-state index in [9.17, 15) is 0 Å². The van der Waals surface area contributed by atoms with Gasteiger partial charge < -0.3 is 10.2 Å². The Kier molecular flexibility index (Phi) is 4.05. The van der Waals surface area contributed by atoms with Gasteiger partial charge in [-0.2, -0.15) is 5.10 Å². The highest BCUT2D eigenvalue weighted by molar-refractivity contribution is 5.43. The van der Waals surface area contributed by atoms with Crippen LogP contribution in [-0.2, 0) is 0 Å². The van der Waals surface area contributed by atoms with Crippen LogP contribution in [0.25, 0.3) is 0 Å². The van der Waals surface area contributed by atoms with E-state index in [4.69, 9.17) is 0 Å². The van der Waals surface area contributed by atoms with Crippen LogP contribution in [0.1, 0.15) is 39.7 Å². The van der Waals surface area contributed by atoms with E-state index in [1.54, 1.807) is 0 Å². The van der Waals surface area contributed by atoms with Crippen molar-refractivity contribution in [1.29, 1.82) is 0 Å². The number of anilines is 1. The van der Waals surface area contributed by atoms with Crippen molar-refractivity contribution >= 4 is 5.69 Å². The molecule has 4 heteroatoms. The maximum atomic E-state index is 4.40. The Morgan fingerprint density at radius 3 is 3.00 bits per heavy atom. The first-order chi connectivity index (χ1) is 8.20. The molecule has 0 bridgehead atoms. The predicted octanol–water partition coefficient (Wildman–Crippen LogP) is 2.04. The van der Waals surface area contributed by atoms with Crippen LogP contribution >= 0.6 is 0 Å². The van der Waals surface area contributed by atoms with E-state index >= 15 is 0 Å². The van der Waals surface area contributed by atoms with Crippen LogP contribution in [0.2, 0.25) is 0 Å². The van der Waals surface area contributed by atoms with Crippen molar-refractivity contribution in [2.75, 3.05) is 24.5 Å². The van der Waals surface area contributed by atoms with Crippen LogP contribution < -0.4 is 10.2 Å². The fraction of sp³-hybridized carbons (Fsp3) is 0.769. The lowest BCUT2D eigenvalue weighted by molar-refractivity contribution is 0.532. The number of aromatic nitrogens is 2. The fourth-order valence-corrected chi connectivity index (χ4v) is 2.28. The molecular formula is C13H24N4. The summed E-state index contributed by atoms with van der Waals surface area (Å²) in [7, 11) is 0. The summed E-state index contributed by atoms with van der Waals surface area (Å²) in [6.45, 7) is 9.92. The minimum Gasteiger partial charge on any atom is -0.367 e. The molecule has 1 aliphatic heterocycles. The van der Waals surface area contributed by atoms with Crippen LogP contribution in [0.5, 0.6) is 0 Å². The van der Waals surface area contributed by atoms with E-state index in [1.165, 1.54) is 18.5 Å². The lowest BCUT2D eigenvalue weighted by Crippen LogP contribution is -2.32. The summed E-state index contributed by atoms with van der Waals surface area (Å²) >= 11 is 0. The molecule has 1 N–H and O–H groups in total. The molecular weight excluding hydrogens is 212 g/mol. The van der Waals surface area contributed by atoms with Crippen molar-refractivity contribution in [1.82, 2.24) is 15.1 Å². The Hall–Kier alpha value is -1.03. The Morgan fingerprint density at radius 2 is 2.35 bits per heavy atom. The Bertz CT molecular complexity index is 345. The van der Waals surface area contributed by atoms with Crippen molar-refractivity contribution in [2.45, 2.75) is 45.7 Å². The second kappa shape index (κ2) is 5.54. The predicted molar refractivity (Wildman–Crippen MR) is 71.5 cm³/mol. The van der Waals surface area contributed by atoms with E-state index in [2.05, 4.69) is 42.3 Å². The molecule has 1 saturated heterocycles. The first-order valence-corrected chi connectivity index (χ1v) is 6.73. The first-order valence-electron chi connectivity index (χ1n) is 6.73. The van der Waals surface area contributed by atoms with Gasteiger partial charge in [-0.15, -0.1) is 0 Å². The van der Waals surface area contributed by atoms with Crippen molar-refractivity contribution in [3.63, 3.8) is 0 Å². The van der Waals surface area contributed by atoms with E-state index in [-0.39, 0.29) is 0 Å². The van der Waals surface area contributed by atoms with Gasteiger partial charge in [0.15, 0.2) is 0 Å². The van der Waals surface area contributed by atoms with Gasteiger partial charge >= 0.3 is 0 Å². The summed E-state index contributed by atoms with van der Waals surface area (Å²) < 4.78 is 2.03. The molecule has 1 aromatic heterocycles. The van der Waals surface area contributed by atoms with Gasteiger partial charge in [-0.25, -0.2) is 0 Å². The van der Waals surface area contributed by atoms with Crippen LogP contribution in [0.3, 0.4) is 0 Å². The maximum Gasteiger partial charge on any atom is 0.0753 e. The molecule has 4 nitrogen and oxygen atoms in total. The van der Waals surface area contributed by atoms with Crippen molar-refractivity contribution in [3.05, 3.63) is 12.4 Å². The zero-order valence-electron chi connectivity index (χ0n) is 11.2. The van der Waals surface area contributed by atoms with Gasteiger partial charge in [-0.1, -0.05) is 6.92 Å². The standard InChI is InChI=1S/C13H24N4/c1-4-6-14-12-5-7-16(9-12)13-8-15-17(10-13)11(2)3/h8,10-12,14H,4-7,9H2,1-3H3. The van der Waals surface area contributed by atoms with E-state index in [1.807, 2.05) is 10.9 Å². The summed E-state index contributed by atoms with van der Waals surface area (Å²) in [6.07, 6.45) is 6.60. The van der Waals surface area contributed by atoms with Crippen LogP contribution in [0, 0.1) is 0 Å². The van der Waals surface area contributed by atoms with Gasteiger partial charge in [0.25, 0.3) is 0 Å². The molecule has 1 aliphatic rings. The Balaban J connectivity index is 1.90. The maximum absolute atomic E-state index is 4.40. The zero-order valence-corrected chi connectivity index (χ0v) is 11.2. The minimum absolute atomic E-state index is 0.445. The largest absolute Gasteiger partial charge is 0.367 e. The molecule has 0 saturated carbocycles. The number of hydrogen-bond donors (Lipinski definition) is 1. The molecule has 1 atom stereocenters. The molecule has 0 aromatic carbocycles. The highest BCUT2D eigenvalue weighted by Crippen LogP contribution is 2.20. The van der Waals surface area contributed by atoms with Crippen molar-refractivity contribution in [3.8, 4) is 0 Å². The molecule has 96 valence electrons. The minimum atomic E-state index is 0.445. The normalized spacial score (nSPS) is 20.5. The van der Waals surface area contributed by atoms with Gasteiger partial charge in [0.2, 0.25) is 0 Å². The third kappa shape index (κ3) is 3.00. The van der Waals surface area contributed by atoms with E-state index in [0.29, 0.717) is 12.1 Å². The SMILES string of the molecule is CCCNC1CCN(c2cnn(C(C)C)c2)C1. The number of rotatable bonds is 5. The molecule has 0 spiro atoms. The topological polar surface area (TPSA) is 33.1 Å². The van der Waals surface area contributed by atoms with E-state index < -0.39 is 0 Å². The van der Waals surface area contributed by atoms with Crippen LogP contribution in [0.15, 0.2) is 12.4 Å². The van der Waals surface area contributed by atoms with Crippen molar-refractivity contribution in [2.24, 2.45) is 0 Å². The molecule has 0 radical (unpaired) electrons. The Labute approximate surface area is 104 Å². The fourth-order valence-electron chi connectivity index (χ4n) is 2.28. The van der Waals surface area contributed by atoms with Crippen LogP contribution in [0.4, 0.5) is 5.69 Å². The third-order valence-electron chi connectivity index (χ3n) is 3.35. The summed E-state index contributed by atoms with van der Waals surface area (Å²) in [6, 6.07) is 1.10. The molecule has 1 unspecified atom stereocenters.